The molecule has 1 aromatic heterocycles. The van der Waals surface area contributed by atoms with Crippen molar-refractivity contribution in [2.75, 3.05) is 18.8 Å². The van der Waals surface area contributed by atoms with Gasteiger partial charge in [0, 0.05) is 18.5 Å². The Morgan fingerprint density at radius 1 is 1.23 bits per heavy atom. The number of carbonyl (C=O) groups excluding carboxylic acids is 3. The Morgan fingerprint density at radius 3 is 2.68 bits per heavy atom. The predicted octanol–water partition coefficient (Wildman–Crippen LogP) is 1.95. The highest BCUT2D eigenvalue weighted by Crippen LogP contribution is 2.28. The molecule has 6 nitrogen and oxygen atoms in total. The smallest absolute Gasteiger partial charge is 0.289 e. The molecule has 2 aliphatic heterocycles. The second-order valence-corrected chi connectivity index (χ2v) is 6.26. The minimum Gasteiger partial charge on any atom is -0.451 e. The number of rotatable bonds is 2. The van der Waals surface area contributed by atoms with E-state index in [1.54, 1.807) is 11.0 Å². The van der Waals surface area contributed by atoms with E-state index >= 15 is 0 Å². The number of imide groups is 1. The van der Waals surface area contributed by atoms with E-state index in [1.807, 2.05) is 24.3 Å². The number of thioether (sulfide) groups is 1. The standard InChI is InChI=1S/C15H12N2O4S/c18-13-8-22-15(20)17(13)10-6-16(7-10)14(19)12-5-9-3-1-2-4-11(9)21-12/h1-5,10H,6-8H2. The normalized spacial score (nSPS) is 19.1. The van der Waals surface area contributed by atoms with Crippen LogP contribution in [0.25, 0.3) is 11.0 Å². The lowest BCUT2D eigenvalue weighted by Gasteiger charge is -2.42. The van der Waals surface area contributed by atoms with Crippen molar-refractivity contribution in [2.45, 2.75) is 6.04 Å². The van der Waals surface area contributed by atoms with Crippen molar-refractivity contribution in [1.82, 2.24) is 9.80 Å². The van der Waals surface area contributed by atoms with Crippen LogP contribution in [0.4, 0.5) is 4.79 Å². The van der Waals surface area contributed by atoms with Crippen molar-refractivity contribution < 1.29 is 18.8 Å². The fraction of sp³-hybridized carbons (Fsp3) is 0.267. The maximum absolute atomic E-state index is 12.4. The molecule has 0 aliphatic carbocycles. The minimum absolute atomic E-state index is 0.171. The van der Waals surface area contributed by atoms with Gasteiger partial charge < -0.3 is 9.32 Å². The molecule has 7 heteroatoms. The molecule has 4 rings (SSSR count). The Labute approximate surface area is 130 Å². The Balaban J connectivity index is 1.47. The average molecular weight is 316 g/mol. The summed E-state index contributed by atoms with van der Waals surface area (Å²) in [5, 5.41) is 0.662. The van der Waals surface area contributed by atoms with Crippen molar-refractivity contribution in [3.8, 4) is 0 Å². The van der Waals surface area contributed by atoms with Gasteiger partial charge in [-0.25, -0.2) is 0 Å². The highest BCUT2D eigenvalue weighted by Gasteiger charge is 2.43. The lowest BCUT2D eigenvalue weighted by molar-refractivity contribution is -0.128. The van der Waals surface area contributed by atoms with E-state index in [9.17, 15) is 14.4 Å². The number of hydrogen-bond donors (Lipinski definition) is 0. The first kappa shape index (κ1) is 13.4. The van der Waals surface area contributed by atoms with Gasteiger partial charge in [-0.1, -0.05) is 30.0 Å². The van der Waals surface area contributed by atoms with Crippen LogP contribution in [0.5, 0.6) is 0 Å². The van der Waals surface area contributed by atoms with E-state index in [2.05, 4.69) is 0 Å². The molecule has 1 aromatic carbocycles. The Morgan fingerprint density at radius 2 is 2.00 bits per heavy atom. The van der Waals surface area contributed by atoms with E-state index < -0.39 is 0 Å². The zero-order valence-electron chi connectivity index (χ0n) is 11.5. The number of fused-ring (bicyclic) bond motifs is 1. The number of benzene rings is 1. The first-order chi connectivity index (χ1) is 10.6. The highest BCUT2D eigenvalue weighted by atomic mass is 32.2. The van der Waals surface area contributed by atoms with Crippen molar-refractivity contribution in [3.05, 3.63) is 36.1 Å². The number of likely N-dealkylation sites (tertiary alicyclic amines) is 1. The number of amides is 3. The molecule has 3 heterocycles. The number of furan rings is 1. The van der Waals surface area contributed by atoms with Crippen LogP contribution < -0.4 is 0 Å². The van der Waals surface area contributed by atoms with Gasteiger partial charge in [-0.05, 0) is 12.1 Å². The van der Waals surface area contributed by atoms with Crippen molar-refractivity contribution in [1.29, 1.82) is 0 Å². The molecule has 2 aromatic rings. The van der Waals surface area contributed by atoms with Crippen LogP contribution in [0, 0.1) is 0 Å². The molecule has 2 aliphatic rings. The first-order valence-corrected chi connectivity index (χ1v) is 7.89. The second kappa shape index (κ2) is 4.88. The second-order valence-electron chi connectivity index (χ2n) is 5.33. The van der Waals surface area contributed by atoms with E-state index in [-0.39, 0.29) is 34.6 Å². The van der Waals surface area contributed by atoms with Crippen LogP contribution >= 0.6 is 11.8 Å². The molecular weight excluding hydrogens is 304 g/mol. The number of hydrogen-bond acceptors (Lipinski definition) is 5. The van der Waals surface area contributed by atoms with Gasteiger partial charge in [0.2, 0.25) is 5.91 Å². The summed E-state index contributed by atoms with van der Waals surface area (Å²) < 4.78 is 5.55. The summed E-state index contributed by atoms with van der Waals surface area (Å²) in [4.78, 5) is 38.5. The predicted molar refractivity (Wildman–Crippen MR) is 80.6 cm³/mol. The van der Waals surface area contributed by atoms with Crippen molar-refractivity contribution in [3.63, 3.8) is 0 Å². The van der Waals surface area contributed by atoms with Crippen LogP contribution in [0.1, 0.15) is 10.6 Å². The summed E-state index contributed by atoms with van der Waals surface area (Å²) in [7, 11) is 0. The zero-order valence-corrected chi connectivity index (χ0v) is 12.3. The third-order valence-electron chi connectivity index (χ3n) is 3.94. The largest absolute Gasteiger partial charge is 0.451 e. The average Bonchev–Trinajstić information content (AvgIpc) is 3.03. The number of para-hydroxylation sites is 1. The first-order valence-electron chi connectivity index (χ1n) is 6.90. The van der Waals surface area contributed by atoms with Gasteiger partial charge in [-0.3, -0.25) is 19.3 Å². The van der Waals surface area contributed by atoms with Crippen LogP contribution in [-0.2, 0) is 4.79 Å². The topological polar surface area (TPSA) is 70.8 Å². The van der Waals surface area contributed by atoms with Gasteiger partial charge in [0.25, 0.3) is 11.1 Å². The van der Waals surface area contributed by atoms with E-state index in [0.29, 0.717) is 18.7 Å². The van der Waals surface area contributed by atoms with Crippen LogP contribution in [-0.4, -0.2) is 51.7 Å². The zero-order chi connectivity index (χ0) is 15.3. The number of carbonyl (C=O) groups is 3. The van der Waals surface area contributed by atoms with Gasteiger partial charge in [0.15, 0.2) is 5.76 Å². The van der Waals surface area contributed by atoms with Gasteiger partial charge in [0.05, 0.1) is 11.8 Å². The SMILES string of the molecule is O=C(c1cc2ccccc2o1)N1CC(N2C(=O)CSC2=O)C1. The molecule has 0 N–H and O–H groups in total. The minimum atomic E-state index is -0.217. The maximum Gasteiger partial charge on any atom is 0.289 e. The molecule has 0 spiro atoms. The molecule has 0 atom stereocenters. The molecule has 0 saturated carbocycles. The van der Waals surface area contributed by atoms with Crippen molar-refractivity contribution >= 4 is 39.8 Å². The summed E-state index contributed by atoms with van der Waals surface area (Å²) in [5.41, 5.74) is 0.671. The van der Waals surface area contributed by atoms with E-state index in [0.717, 1.165) is 17.1 Å². The Bertz CT molecular complexity index is 745. The maximum atomic E-state index is 12.4. The molecule has 2 fully saturated rings. The summed E-state index contributed by atoms with van der Waals surface area (Å²) in [6.07, 6.45) is 0. The molecule has 0 unspecified atom stereocenters. The van der Waals surface area contributed by atoms with Gasteiger partial charge in [-0.2, -0.15) is 0 Å². The van der Waals surface area contributed by atoms with Gasteiger partial charge >= 0.3 is 0 Å². The lowest BCUT2D eigenvalue weighted by Crippen LogP contribution is -2.62. The Kier molecular flexibility index (Phi) is 2.97. The third-order valence-corrected chi connectivity index (χ3v) is 4.77. The molecule has 3 amide bonds. The van der Waals surface area contributed by atoms with Crippen molar-refractivity contribution in [2.24, 2.45) is 0 Å². The molecule has 2 saturated heterocycles. The van der Waals surface area contributed by atoms with Gasteiger partial charge in [-0.15, -0.1) is 0 Å². The van der Waals surface area contributed by atoms with E-state index in [4.69, 9.17) is 4.42 Å². The highest BCUT2D eigenvalue weighted by molar-refractivity contribution is 8.14. The lowest BCUT2D eigenvalue weighted by atomic mass is 10.1. The van der Waals surface area contributed by atoms with Crippen LogP contribution in [0.15, 0.2) is 34.7 Å². The Hall–Kier alpha value is -2.28. The fourth-order valence-electron chi connectivity index (χ4n) is 2.74. The third kappa shape index (κ3) is 2.00. The van der Waals surface area contributed by atoms with Gasteiger partial charge in [0.1, 0.15) is 5.58 Å². The van der Waals surface area contributed by atoms with Crippen LogP contribution in [0.2, 0.25) is 0 Å². The van der Waals surface area contributed by atoms with E-state index in [1.165, 1.54) is 4.90 Å². The number of nitrogens with zero attached hydrogens (tertiary/aromatic N) is 2. The molecule has 112 valence electrons. The summed E-state index contributed by atoms with van der Waals surface area (Å²) in [5.74, 6) is 0.107. The summed E-state index contributed by atoms with van der Waals surface area (Å²) >= 11 is 1.02. The van der Waals surface area contributed by atoms with Crippen LogP contribution in [0.3, 0.4) is 0 Å². The molecule has 0 bridgehead atoms. The fourth-order valence-corrected chi connectivity index (χ4v) is 3.52. The monoisotopic (exact) mass is 316 g/mol. The molecular formula is C15H12N2O4S. The summed E-state index contributed by atoms with van der Waals surface area (Å²) in [6, 6.07) is 8.93. The summed E-state index contributed by atoms with van der Waals surface area (Å²) in [6.45, 7) is 0.738. The molecule has 0 radical (unpaired) electrons. The quantitative estimate of drug-likeness (QED) is 0.847. The molecule has 22 heavy (non-hydrogen) atoms.